The monoisotopic (exact) mass is 406 g/mol. The Morgan fingerprint density at radius 1 is 0.917 bits per heavy atom. The van der Waals surface area contributed by atoms with Gasteiger partial charge in [0.05, 0.1) is 11.5 Å². The molecule has 2 aromatic carbocycles. The van der Waals surface area contributed by atoms with E-state index in [0.717, 1.165) is 27.0 Å². The molecule has 4 nitrogen and oxygen atoms in total. The van der Waals surface area contributed by atoms with Gasteiger partial charge >= 0.3 is 0 Å². The number of carbonyl (C=O) groups excluding carboxylic acids is 2. The molecule has 0 spiro atoms. The molecule has 0 saturated heterocycles. The molecule has 0 fully saturated rings. The van der Waals surface area contributed by atoms with Gasteiger partial charge in [-0.05, 0) is 55.3 Å². The van der Waals surface area contributed by atoms with E-state index in [1.165, 1.54) is 11.8 Å². The van der Waals surface area contributed by atoms with Crippen LogP contribution in [0.15, 0.2) is 46.9 Å². The van der Waals surface area contributed by atoms with Gasteiger partial charge in [-0.1, -0.05) is 28.1 Å². The molecule has 0 aromatic heterocycles. The average Bonchev–Trinajstić information content (AvgIpc) is 2.45. The zero-order valence-corrected chi connectivity index (χ0v) is 16.0. The van der Waals surface area contributed by atoms with E-state index in [-0.39, 0.29) is 23.3 Å². The van der Waals surface area contributed by atoms with E-state index in [0.29, 0.717) is 0 Å². The van der Waals surface area contributed by atoms with Crippen molar-refractivity contribution in [1.29, 1.82) is 0 Å². The molecule has 0 saturated carbocycles. The summed E-state index contributed by atoms with van der Waals surface area (Å²) in [5, 5.41) is 5.66. The number of benzene rings is 2. The van der Waals surface area contributed by atoms with Crippen LogP contribution in [0.1, 0.15) is 11.1 Å². The summed E-state index contributed by atoms with van der Waals surface area (Å²) >= 11 is 4.64. The molecule has 2 N–H and O–H groups in total. The molecule has 24 heavy (non-hydrogen) atoms. The second-order valence-corrected chi connectivity index (χ2v) is 7.38. The van der Waals surface area contributed by atoms with Crippen LogP contribution in [0.5, 0.6) is 0 Å². The van der Waals surface area contributed by atoms with E-state index in [4.69, 9.17) is 0 Å². The summed E-state index contributed by atoms with van der Waals surface area (Å²) in [6, 6.07) is 13.3. The second kappa shape index (κ2) is 8.89. The van der Waals surface area contributed by atoms with E-state index in [9.17, 15) is 9.59 Å². The quantitative estimate of drug-likeness (QED) is 0.748. The zero-order chi connectivity index (χ0) is 17.5. The van der Waals surface area contributed by atoms with E-state index in [1.807, 2.05) is 50.2 Å². The highest BCUT2D eigenvalue weighted by atomic mass is 79.9. The van der Waals surface area contributed by atoms with Gasteiger partial charge in [-0.15, -0.1) is 11.8 Å². The molecule has 6 heteroatoms. The Hall–Kier alpha value is -1.79. The Morgan fingerprint density at radius 2 is 1.50 bits per heavy atom. The normalized spacial score (nSPS) is 10.3. The van der Waals surface area contributed by atoms with Crippen molar-refractivity contribution in [2.75, 3.05) is 22.1 Å². The largest absolute Gasteiger partial charge is 0.325 e. The molecule has 0 aliphatic rings. The highest BCUT2D eigenvalue weighted by molar-refractivity contribution is 9.10. The molecule has 126 valence electrons. The molecular weight excluding hydrogens is 388 g/mol. The molecule has 0 aliphatic carbocycles. The number of halogens is 1. The number of aryl methyl sites for hydroxylation is 2. The van der Waals surface area contributed by atoms with Gasteiger partial charge in [0.2, 0.25) is 11.8 Å². The highest BCUT2D eigenvalue weighted by Crippen LogP contribution is 2.16. The van der Waals surface area contributed by atoms with Gasteiger partial charge in [0.15, 0.2) is 0 Å². The first-order valence-corrected chi connectivity index (χ1v) is 9.38. The maximum atomic E-state index is 11.9. The lowest BCUT2D eigenvalue weighted by molar-refractivity contribution is -0.114. The summed E-state index contributed by atoms with van der Waals surface area (Å²) in [7, 11) is 0. The van der Waals surface area contributed by atoms with Crippen molar-refractivity contribution in [3.05, 3.63) is 58.1 Å². The first kappa shape index (κ1) is 18.5. The minimum absolute atomic E-state index is 0.111. The van der Waals surface area contributed by atoms with Crippen LogP contribution in [0.25, 0.3) is 0 Å². The van der Waals surface area contributed by atoms with Crippen LogP contribution in [0.3, 0.4) is 0 Å². The van der Waals surface area contributed by atoms with Gasteiger partial charge in [-0.25, -0.2) is 0 Å². The fourth-order valence-electron chi connectivity index (χ4n) is 2.24. The zero-order valence-electron chi connectivity index (χ0n) is 13.6. The van der Waals surface area contributed by atoms with Gasteiger partial charge in [0.1, 0.15) is 0 Å². The maximum absolute atomic E-state index is 11.9. The summed E-state index contributed by atoms with van der Waals surface area (Å²) in [4.78, 5) is 23.8. The number of hydrogen-bond donors (Lipinski definition) is 2. The smallest absolute Gasteiger partial charge is 0.234 e. The number of amides is 2. The van der Waals surface area contributed by atoms with Crippen molar-refractivity contribution in [2.24, 2.45) is 0 Å². The molecule has 0 radical (unpaired) electrons. The Morgan fingerprint density at radius 3 is 2.08 bits per heavy atom. The average molecular weight is 407 g/mol. The van der Waals surface area contributed by atoms with Crippen molar-refractivity contribution in [3.8, 4) is 0 Å². The number of hydrogen-bond acceptors (Lipinski definition) is 3. The van der Waals surface area contributed by atoms with E-state index in [1.54, 1.807) is 0 Å². The Balaban J connectivity index is 1.75. The minimum atomic E-state index is -0.127. The van der Waals surface area contributed by atoms with Gasteiger partial charge in [-0.3, -0.25) is 9.59 Å². The third-order valence-electron chi connectivity index (χ3n) is 3.08. The fourth-order valence-corrected chi connectivity index (χ4v) is 3.26. The second-order valence-electron chi connectivity index (χ2n) is 5.48. The molecule has 0 bridgehead atoms. The van der Waals surface area contributed by atoms with Crippen molar-refractivity contribution in [3.63, 3.8) is 0 Å². The SMILES string of the molecule is Cc1cc(C)cc(NC(=O)CSCC(=O)Nc2cccc(Br)c2)c1. The van der Waals surface area contributed by atoms with Gasteiger partial charge in [0, 0.05) is 15.8 Å². The van der Waals surface area contributed by atoms with Gasteiger partial charge < -0.3 is 10.6 Å². The van der Waals surface area contributed by atoms with Crippen LogP contribution in [0.4, 0.5) is 11.4 Å². The van der Waals surface area contributed by atoms with E-state index >= 15 is 0 Å². The lowest BCUT2D eigenvalue weighted by atomic mass is 10.1. The summed E-state index contributed by atoms with van der Waals surface area (Å²) in [5.74, 6) is 0.226. The van der Waals surface area contributed by atoms with Crippen LogP contribution in [0.2, 0.25) is 0 Å². The maximum Gasteiger partial charge on any atom is 0.234 e. The molecular formula is C18H19BrN2O2S. The third-order valence-corrected chi connectivity index (χ3v) is 4.51. The molecule has 0 unspecified atom stereocenters. The van der Waals surface area contributed by atoms with Crippen molar-refractivity contribution < 1.29 is 9.59 Å². The number of carbonyl (C=O) groups is 2. The van der Waals surface area contributed by atoms with Gasteiger partial charge in [-0.2, -0.15) is 0 Å². The first-order chi connectivity index (χ1) is 11.4. The lowest BCUT2D eigenvalue weighted by Gasteiger charge is -2.08. The Kier molecular flexibility index (Phi) is 6.87. The van der Waals surface area contributed by atoms with Crippen molar-refractivity contribution >= 4 is 50.9 Å². The van der Waals surface area contributed by atoms with Gasteiger partial charge in [0.25, 0.3) is 0 Å². The van der Waals surface area contributed by atoms with Crippen LogP contribution in [-0.2, 0) is 9.59 Å². The van der Waals surface area contributed by atoms with Crippen LogP contribution >= 0.6 is 27.7 Å². The number of nitrogens with one attached hydrogen (secondary N) is 2. The van der Waals surface area contributed by atoms with Crippen LogP contribution in [0, 0.1) is 13.8 Å². The predicted octanol–water partition coefficient (Wildman–Crippen LogP) is 4.38. The number of thioether (sulfide) groups is 1. The molecule has 2 amide bonds. The van der Waals surface area contributed by atoms with Crippen molar-refractivity contribution in [2.45, 2.75) is 13.8 Å². The number of rotatable bonds is 6. The third kappa shape index (κ3) is 6.37. The molecule has 0 heterocycles. The lowest BCUT2D eigenvalue weighted by Crippen LogP contribution is -2.18. The van der Waals surface area contributed by atoms with E-state index < -0.39 is 0 Å². The summed E-state index contributed by atoms with van der Waals surface area (Å²) in [5.41, 5.74) is 3.73. The first-order valence-electron chi connectivity index (χ1n) is 7.44. The molecule has 0 atom stereocenters. The molecule has 0 aliphatic heterocycles. The Labute approximate surface area is 154 Å². The summed E-state index contributed by atoms with van der Waals surface area (Å²) < 4.78 is 0.903. The Bertz CT molecular complexity index is 729. The summed E-state index contributed by atoms with van der Waals surface area (Å²) in [6.45, 7) is 3.98. The minimum Gasteiger partial charge on any atom is -0.325 e. The van der Waals surface area contributed by atoms with Crippen LogP contribution < -0.4 is 10.6 Å². The molecule has 2 rings (SSSR count). The topological polar surface area (TPSA) is 58.2 Å². The highest BCUT2D eigenvalue weighted by Gasteiger charge is 2.07. The number of anilines is 2. The fraction of sp³-hybridized carbons (Fsp3) is 0.222. The van der Waals surface area contributed by atoms with Crippen molar-refractivity contribution in [1.82, 2.24) is 0 Å². The van der Waals surface area contributed by atoms with E-state index in [2.05, 4.69) is 32.6 Å². The predicted molar refractivity (Wildman–Crippen MR) is 105 cm³/mol. The van der Waals surface area contributed by atoms with Crippen LogP contribution in [-0.4, -0.2) is 23.3 Å². The standard InChI is InChI=1S/C18H19BrN2O2S/c1-12-6-13(2)8-16(7-12)21-18(23)11-24-10-17(22)20-15-5-3-4-14(19)9-15/h3-9H,10-11H2,1-2H3,(H,20,22)(H,21,23). The molecule has 2 aromatic rings. The summed E-state index contributed by atoms with van der Waals surface area (Å²) in [6.07, 6.45) is 0.